The van der Waals surface area contributed by atoms with Crippen molar-refractivity contribution >= 4 is 10.8 Å². The summed E-state index contributed by atoms with van der Waals surface area (Å²) in [5.74, 6) is -0.00737. The van der Waals surface area contributed by atoms with Crippen molar-refractivity contribution < 1.29 is 18.4 Å². The van der Waals surface area contributed by atoms with Gasteiger partial charge < -0.3 is 9.84 Å². The van der Waals surface area contributed by atoms with Crippen molar-refractivity contribution in [1.29, 1.82) is 0 Å². The zero-order chi connectivity index (χ0) is 14.3. The molecule has 0 aromatic heterocycles. The third kappa shape index (κ3) is 2.27. The maximum absolute atomic E-state index is 13.3. The number of aliphatic hydroxyl groups is 1. The van der Waals surface area contributed by atoms with Crippen LogP contribution in [0, 0.1) is 5.82 Å². The summed E-state index contributed by atoms with van der Waals surface area (Å²) in [5.41, 5.74) is -0.432. The molecule has 3 rings (SSSR count). The Balaban J connectivity index is 1.99. The highest BCUT2D eigenvalue weighted by Gasteiger charge is 2.47. The summed E-state index contributed by atoms with van der Waals surface area (Å²) < 4.78 is 30.8. The molecule has 1 aromatic carbocycles. The average Bonchev–Trinajstić information content (AvgIpc) is 2.40. The van der Waals surface area contributed by atoms with E-state index in [4.69, 9.17) is 4.74 Å². The number of fused-ring (bicyclic) bond motifs is 2. The number of rotatable bonds is 2. The largest absolute Gasteiger partial charge is 0.496 e. The van der Waals surface area contributed by atoms with Crippen LogP contribution in [0.4, 0.5) is 4.39 Å². The second-order valence-corrected chi connectivity index (χ2v) is 7.78. The highest BCUT2D eigenvalue weighted by atomic mass is 32.2. The third-order valence-corrected chi connectivity index (χ3v) is 6.62. The number of halogens is 1. The van der Waals surface area contributed by atoms with E-state index < -0.39 is 16.4 Å². The molecule has 20 heavy (non-hydrogen) atoms. The van der Waals surface area contributed by atoms with Gasteiger partial charge >= 0.3 is 0 Å². The van der Waals surface area contributed by atoms with E-state index in [1.54, 1.807) is 6.07 Å². The quantitative estimate of drug-likeness (QED) is 0.912. The molecule has 0 spiro atoms. The molecule has 2 heterocycles. The molecule has 2 bridgehead atoms. The van der Waals surface area contributed by atoms with Gasteiger partial charge in [-0.25, -0.2) is 4.39 Å². The Bertz CT molecular complexity index is 530. The Morgan fingerprint density at radius 3 is 2.60 bits per heavy atom. The van der Waals surface area contributed by atoms with E-state index in [-0.39, 0.29) is 16.3 Å². The van der Waals surface area contributed by atoms with Gasteiger partial charge in [-0.3, -0.25) is 4.21 Å². The highest BCUT2D eigenvalue weighted by Crippen LogP contribution is 2.46. The fourth-order valence-corrected chi connectivity index (χ4v) is 5.77. The van der Waals surface area contributed by atoms with E-state index in [9.17, 15) is 13.7 Å². The molecule has 0 amide bonds. The van der Waals surface area contributed by atoms with Crippen LogP contribution in [0.1, 0.15) is 37.7 Å². The zero-order valence-electron chi connectivity index (χ0n) is 11.5. The Labute approximate surface area is 120 Å². The minimum Gasteiger partial charge on any atom is -0.496 e. The van der Waals surface area contributed by atoms with Crippen LogP contribution in [-0.4, -0.2) is 26.9 Å². The maximum atomic E-state index is 13.3. The molecule has 2 fully saturated rings. The lowest BCUT2D eigenvalue weighted by Gasteiger charge is -2.44. The molecular formula is C15H19FO3S. The van der Waals surface area contributed by atoms with Crippen LogP contribution >= 0.6 is 0 Å². The summed E-state index contributed by atoms with van der Waals surface area (Å²) in [6.45, 7) is 0. The monoisotopic (exact) mass is 298 g/mol. The number of methoxy groups -OCH3 is 1. The number of ether oxygens (including phenoxy) is 1. The molecule has 110 valence electrons. The highest BCUT2D eigenvalue weighted by molar-refractivity contribution is 7.86. The summed E-state index contributed by atoms with van der Waals surface area (Å²) in [6, 6.07) is 4.24. The minimum atomic E-state index is -1.05. The van der Waals surface area contributed by atoms with Crippen LogP contribution in [0.3, 0.4) is 0 Å². The Morgan fingerprint density at radius 1 is 1.35 bits per heavy atom. The first-order valence-electron chi connectivity index (χ1n) is 6.99. The van der Waals surface area contributed by atoms with Gasteiger partial charge in [-0.2, -0.15) is 0 Å². The van der Waals surface area contributed by atoms with E-state index in [0.29, 0.717) is 24.2 Å². The lowest BCUT2D eigenvalue weighted by atomic mass is 9.80. The fourth-order valence-electron chi connectivity index (χ4n) is 3.55. The Kier molecular flexibility index (Phi) is 3.58. The topological polar surface area (TPSA) is 46.5 Å². The van der Waals surface area contributed by atoms with Gasteiger partial charge in [0.25, 0.3) is 0 Å². The van der Waals surface area contributed by atoms with Gasteiger partial charge in [-0.15, -0.1) is 0 Å². The van der Waals surface area contributed by atoms with Crippen molar-refractivity contribution in [3.8, 4) is 5.75 Å². The van der Waals surface area contributed by atoms with Crippen molar-refractivity contribution in [3.63, 3.8) is 0 Å². The minimum absolute atomic E-state index is 0.0438. The first-order chi connectivity index (χ1) is 9.53. The maximum Gasteiger partial charge on any atom is 0.127 e. The van der Waals surface area contributed by atoms with Crippen LogP contribution in [0.25, 0.3) is 0 Å². The van der Waals surface area contributed by atoms with Crippen molar-refractivity contribution in [2.75, 3.05) is 7.11 Å². The van der Waals surface area contributed by atoms with E-state index in [1.807, 2.05) is 0 Å². The van der Waals surface area contributed by atoms with Crippen LogP contribution in [-0.2, 0) is 16.4 Å². The molecule has 3 nitrogen and oxygen atoms in total. The van der Waals surface area contributed by atoms with Crippen LogP contribution in [0.2, 0.25) is 0 Å². The van der Waals surface area contributed by atoms with E-state index in [2.05, 4.69) is 0 Å². The molecule has 0 radical (unpaired) electrons. The SMILES string of the molecule is COc1cc(F)ccc1C1(O)CC2CCCC(C1)S2=O. The third-order valence-electron chi connectivity index (χ3n) is 4.50. The fraction of sp³-hybridized carbons (Fsp3) is 0.600. The van der Waals surface area contributed by atoms with Crippen molar-refractivity contribution in [3.05, 3.63) is 29.6 Å². The van der Waals surface area contributed by atoms with Gasteiger partial charge in [0.1, 0.15) is 11.6 Å². The van der Waals surface area contributed by atoms with Crippen LogP contribution in [0.5, 0.6) is 5.75 Å². The molecule has 2 aliphatic rings. The molecule has 1 aromatic rings. The van der Waals surface area contributed by atoms with Crippen molar-refractivity contribution in [2.24, 2.45) is 0 Å². The summed E-state index contributed by atoms with van der Waals surface area (Å²) in [4.78, 5) is 0. The van der Waals surface area contributed by atoms with Gasteiger partial charge in [0.15, 0.2) is 0 Å². The summed E-state index contributed by atoms with van der Waals surface area (Å²) in [5, 5.41) is 11.1. The molecule has 0 saturated carbocycles. The average molecular weight is 298 g/mol. The lowest BCUT2D eigenvalue weighted by Crippen LogP contribution is -2.47. The molecule has 1 N–H and O–H groups in total. The molecule has 2 aliphatic heterocycles. The Morgan fingerprint density at radius 2 is 2.00 bits per heavy atom. The van der Waals surface area contributed by atoms with E-state index >= 15 is 0 Å². The molecule has 2 unspecified atom stereocenters. The first kappa shape index (κ1) is 14.0. The molecule has 5 heteroatoms. The molecular weight excluding hydrogens is 279 g/mol. The summed E-state index contributed by atoms with van der Waals surface area (Å²) in [7, 11) is 0.631. The van der Waals surface area contributed by atoms with Gasteiger partial charge in [0, 0.05) is 32.9 Å². The van der Waals surface area contributed by atoms with Crippen molar-refractivity contribution in [2.45, 2.75) is 48.2 Å². The van der Waals surface area contributed by atoms with Crippen LogP contribution < -0.4 is 4.74 Å². The van der Waals surface area contributed by atoms with Crippen LogP contribution in [0.15, 0.2) is 18.2 Å². The number of hydrogen-bond acceptors (Lipinski definition) is 3. The van der Waals surface area contributed by atoms with E-state index in [1.165, 1.54) is 19.2 Å². The van der Waals surface area contributed by atoms with Gasteiger partial charge in [-0.1, -0.05) is 6.42 Å². The van der Waals surface area contributed by atoms with E-state index in [0.717, 1.165) is 19.3 Å². The summed E-state index contributed by atoms with van der Waals surface area (Å²) >= 11 is 0. The second-order valence-electron chi connectivity index (χ2n) is 5.79. The molecule has 2 atom stereocenters. The standard InChI is InChI=1S/C15H19FO3S/c1-19-14-7-10(16)5-6-13(14)15(17)8-11-3-2-4-12(9-15)20(11)18/h5-7,11-12,17H,2-4,8-9H2,1H3. The Hall–Kier alpha value is -0.940. The number of hydrogen-bond donors (Lipinski definition) is 1. The normalized spacial score (nSPS) is 36.6. The first-order valence-corrected chi connectivity index (χ1v) is 8.27. The predicted octanol–water partition coefficient (Wildman–Crippen LogP) is 2.49. The lowest BCUT2D eigenvalue weighted by molar-refractivity contribution is 0.00446. The number of benzene rings is 1. The van der Waals surface area contributed by atoms with Crippen molar-refractivity contribution in [1.82, 2.24) is 0 Å². The van der Waals surface area contributed by atoms with Gasteiger partial charge in [-0.05, 0) is 37.8 Å². The molecule has 2 saturated heterocycles. The molecule has 0 aliphatic carbocycles. The van der Waals surface area contributed by atoms with Gasteiger partial charge in [0.2, 0.25) is 0 Å². The summed E-state index contributed by atoms with van der Waals surface area (Å²) in [6.07, 6.45) is 3.82. The predicted molar refractivity (Wildman–Crippen MR) is 75.7 cm³/mol. The second kappa shape index (κ2) is 5.11. The van der Waals surface area contributed by atoms with Gasteiger partial charge in [0.05, 0.1) is 12.7 Å². The zero-order valence-corrected chi connectivity index (χ0v) is 12.3. The smallest absolute Gasteiger partial charge is 0.127 e.